The third kappa shape index (κ3) is 3.45. The monoisotopic (exact) mass is 388 g/mol. The molecule has 2 aromatic carbocycles. The molecule has 7 heteroatoms. The first-order valence-electron chi connectivity index (χ1n) is 8.02. The van der Waals surface area contributed by atoms with Crippen molar-refractivity contribution in [3.05, 3.63) is 65.0 Å². The van der Waals surface area contributed by atoms with Crippen LogP contribution < -0.4 is 9.54 Å². The third-order valence-corrected chi connectivity index (χ3v) is 6.60. The summed E-state index contributed by atoms with van der Waals surface area (Å²) in [5.41, 5.74) is 3.27. The topological polar surface area (TPSA) is 60.7 Å². The van der Waals surface area contributed by atoms with Crippen molar-refractivity contribution in [1.29, 1.82) is 0 Å². The molecule has 0 radical (unpaired) electrons. The van der Waals surface area contributed by atoms with Gasteiger partial charge in [-0.3, -0.25) is 0 Å². The minimum atomic E-state index is -3.82. The molecule has 0 N–H and O–H groups in total. The van der Waals surface area contributed by atoms with E-state index in [-0.39, 0.29) is 4.90 Å². The van der Waals surface area contributed by atoms with Crippen molar-refractivity contribution in [1.82, 2.24) is 4.57 Å². The predicted octanol–water partition coefficient (Wildman–Crippen LogP) is 3.80. The minimum absolute atomic E-state index is 0.133. The van der Waals surface area contributed by atoms with Gasteiger partial charge in [-0.25, -0.2) is 0 Å². The van der Waals surface area contributed by atoms with Crippen molar-refractivity contribution in [3.8, 4) is 5.75 Å². The highest BCUT2D eigenvalue weighted by atomic mass is 32.2. The van der Waals surface area contributed by atoms with Crippen LogP contribution in [-0.2, 0) is 16.6 Å². The molecule has 26 heavy (non-hydrogen) atoms. The van der Waals surface area contributed by atoms with E-state index in [0.29, 0.717) is 17.1 Å². The number of ether oxygens (including phenoxy) is 1. The van der Waals surface area contributed by atoms with Crippen LogP contribution in [0.2, 0.25) is 0 Å². The quantitative estimate of drug-likeness (QED) is 0.625. The molecule has 1 aromatic heterocycles. The highest BCUT2D eigenvalue weighted by Gasteiger charge is 2.15. The van der Waals surface area contributed by atoms with Gasteiger partial charge in [0.05, 0.1) is 22.2 Å². The van der Waals surface area contributed by atoms with Crippen molar-refractivity contribution >= 4 is 31.6 Å². The molecular weight excluding hydrogens is 368 g/mol. The smallest absolute Gasteiger partial charge is 0.285 e. The zero-order chi connectivity index (χ0) is 18.9. The number of thiazole rings is 1. The highest BCUT2D eigenvalue weighted by molar-refractivity contribution is 7.90. The highest BCUT2D eigenvalue weighted by Crippen LogP contribution is 2.23. The van der Waals surface area contributed by atoms with Crippen LogP contribution in [0, 0.1) is 13.8 Å². The number of hydrogen-bond acceptors (Lipinski definition) is 4. The van der Waals surface area contributed by atoms with Gasteiger partial charge < -0.3 is 9.30 Å². The van der Waals surface area contributed by atoms with Crippen molar-refractivity contribution in [3.63, 3.8) is 0 Å². The molecular formula is C19H20N2O3S2. The Morgan fingerprint density at radius 3 is 2.46 bits per heavy atom. The molecule has 1 heterocycles. The van der Waals surface area contributed by atoms with Gasteiger partial charge in [0.1, 0.15) is 5.75 Å². The molecule has 0 saturated carbocycles. The summed E-state index contributed by atoms with van der Waals surface area (Å²) in [5, 5.41) is 0. The molecule has 136 valence electrons. The predicted molar refractivity (Wildman–Crippen MR) is 105 cm³/mol. The number of methoxy groups -OCH3 is 1. The van der Waals surface area contributed by atoms with Gasteiger partial charge in [0.2, 0.25) is 4.80 Å². The van der Waals surface area contributed by atoms with Gasteiger partial charge in [0.15, 0.2) is 0 Å². The van der Waals surface area contributed by atoms with E-state index >= 15 is 0 Å². The molecule has 0 unspecified atom stereocenters. The largest absolute Gasteiger partial charge is 0.497 e. The van der Waals surface area contributed by atoms with E-state index in [1.807, 2.05) is 18.4 Å². The summed E-state index contributed by atoms with van der Waals surface area (Å²) in [6.07, 6.45) is 1.74. The normalized spacial score (nSPS) is 12.5. The first-order valence-corrected chi connectivity index (χ1v) is 10.3. The number of aromatic nitrogens is 1. The lowest BCUT2D eigenvalue weighted by Crippen LogP contribution is -2.16. The van der Waals surface area contributed by atoms with Crippen LogP contribution in [0.3, 0.4) is 0 Å². The molecule has 5 nitrogen and oxygen atoms in total. The van der Waals surface area contributed by atoms with Gasteiger partial charge in [0, 0.05) is 6.54 Å². The van der Waals surface area contributed by atoms with Crippen LogP contribution in [0.5, 0.6) is 5.75 Å². The number of nitrogens with zero attached hydrogens (tertiary/aromatic N) is 2. The molecule has 0 aliphatic rings. The van der Waals surface area contributed by atoms with Crippen molar-refractivity contribution in [2.24, 2.45) is 4.40 Å². The molecule has 0 atom stereocenters. The molecule has 3 aromatic rings. The van der Waals surface area contributed by atoms with E-state index in [4.69, 9.17) is 4.74 Å². The summed E-state index contributed by atoms with van der Waals surface area (Å²) >= 11 is 1.36. The summed E-state index contributed by atoms with van der Waals surface area (Å²) in [6.45, 7) is 8.34. The van der Waals surface area contributed by atoms with E-state index < -0.39 is 10.0 Å². The van der Waals surface area contributed by atoms with E-state index in [2.05, 4.69) is 23.1 Å². The molecule has 0 aliphatic heterocycles. The SMILES string of the molecule is C=CCn1/c(=N/S(=O)(=O)c2ccc(OC)cc2)sc2cc(C)c(C)cc21. The number of rotatable bonds is 5. The summed E-state index contributed by atoms with van der Waals surface area (Å²) in [4.78, 5) is 0.564. The van der Waals surface area contributed by atoms with Crippen LogP contribution in [0.1, 0.15) is 11.1 Å². The number of allylic oxidation sites excluding steroid dienone is 1. The van der Waals surface area contributed by atoms with Crippen LogP contribution in [0.25, 0.3) is 10.2 Å². The first-order chi connectivity index (χ1) is 12.4. The standard InChI is InChI=1S/C19H20N2O3S2/c1-5-10-21-17-11-13(2)14(3)12-18(17)25-19(21)20-26(22,23)16-8-6-15(24-4)7-9-16/h5-9,11-12H,1,10H2,2-4H3/b20-19-. The molecule has 0 bridgehead atoms. The van der Waals surface area contributed by atoms with E-state index in [1.54, 1.807) is 18.2 Å². The Labute approximate surface area is 157 Å². The summed E-state index contributed by atoms with van der Waals surface area (Å²) in [7, 11) is -2.29. The average Bonchev–Trinajstić information content (AvgIpc) is 2.92. The summed E-state index contributed by atoms with van der Waals surface area (Å²) in [5.74, 6) is 0.596. The van der Waals surface area contributed by atoms with Crippen molar-refractivity contribution in [2.75, 3.05) is 7.11 Å². The van der Waals surface area contributed by atoms with Crippen molar-refractivity contribution < 1.29 is 13.2 Å². The molecule has 0 aliphatic carbocycles. The second kappa shape index (κ2) is 7.09. The van der Waals surface area contributed by atoms with Gasteiger partial charge in [-0.15, -0.1) is 11.0 Å². The number of sulfonamides is 1. The number of aryl methyl sites for hydroxylation is 2. The number of fused-ring (bicyclic) bond motifs is 1. The Kier molecular flexibility index (Phi) is 5.02. The van der Waals surface area contributed by atoms with Crippen LogP contribution >= 0.6 is 11.3 Å². The molecule has 3 rings (SSSR count). The number of benzene rings is 2. The minimum Gasteiger partial charge on any atom is -0.497 e. The third-order valence-electron chi connectivity index (χ3n) is 4.17. The maximum Gasteiger partial charge on any atom is 0.285 e. The van der Waals surface area contributed by atoms with E-state index in [0.717, 1.165) is 21.3 Å². The van der Waals surface area contributed by atoms with Crippen LogP contribution in [0.15, 0.2) is 58.3 Å². The lowest BCUT2D eigenvalue weighted by atomic mass is 10.1. The second-order valence-electron chi connectivity index (χ2n) is 5.93. The number of hydrogen-bond donors (Lipinski definition) is 0. The van der Waals surface area contributed by atoms with Crippen LogP contribution in [0.4, 0.5) is 0 Å². The van der Waals surface area contributed by atoms with Gasteiger partial charge in [-0.05, 0) is 61.4 Å². The fourth-order valence-electron chi connectivity index (χ4n) is 2.60. The zero-order valence-corrected chi connectivity index (χ0v) is 16.5. The Hall–Kier alpha value is -2.38. The Morgan fingerprint density at radius 1 is 1.19 bits per heavy atom. The summed E-state index contributed by atoms with van der Waals surface area (Å²) < 4.78 is 37.5. The maximum absolute atomic E-state index is 12.7. The molecule has 0 spiro atoms. The maximum atomic E-state index is 12.7. The van der Waals surface area contributed by atoms with Crippen LogP contribution in [-0.4, -0.2) is 20.1 Å². The Bertz CT molecular complexity index is 1140. The van der Waals surface area contributed by atoms with Gasteiger partial charge in [-0.2, -0.15) is 8.42 Å². The van der Waals surface area contributed by atoms with E-state index in [9.17, 15) is 8.42 Å². The fourth-order valence-corrected chi connectivity index (χ4v) is 4.92. The fraction of sp³-hybridized carbons (Fsp3) is 0.211. The average molecular weight is 389 g/mol. The van der Waals surface area contributed by atoms with E-state index in [1.165, 1.54) is 30.6 Å². The summed E-state index contributed by atoms with van der Waals surface area (Å²) in [6, 6.07) is 10.3. The zero-order valence-electron chi connectivity index (χ0n) is 14.9. The molecule has 0 fully saturated rings. The second-order valence-corrected chi connectivity index (χ2v) is 8.54. The lowest BCUT2D eigenvalue weighted by Gasteiger charge is -2.04. The van der Waals surface area contributed by atoms with Gasteiger partial charge in [0.25, 0.3) is 10.0 Å². The molecule has 0 saturated heterocycles. The van der Waals surface area contributed by atoms with Crippen molar-refractivity contribution in [2.45, 2.75) is 25.3 Å². The lowest BCUT2D eigenvalue weighted by molar-refractivity contribution is 0.414. The molecule has 0 amide bonds. The Balaban J connectivity index is 2.21. The Morgan fingerprint density at radius 2 is 1.85 bits per heavy atom. The first kappa shape index (κ1) is 18.4. The van der Waals surface area contributed by atoms with Gasteiger partial charge >= 0.3 is 0 Å². The van der Waals surface area contributed by atoms with Gasteiger partial charge in [-0.1, -0.05) is 17.4 Å².